The number of H-pyrrole nitrogens is 1. The van der Waals surface area contributed by atoms with Gasteiger partial charge in [-0.25, -0.2) is 19.9 Å². The van der Waals surface area contributed by atoms with E-state index < -0.39 is 0 Å². The Balaban J connectivity index is 0.960. The summed E-state index contributed by atoms with van der Waals surface area (Å²) in [6.07, 6.45) is 8.76. The fraction of sp³-hybridized carbons (Fsp3) is 0.412. The Morgan fingerprint density at radius 2 is 2.00 bits per heavy atom. The summed E-state index contributed by atoms with van der Waals surface area (Å²) >= 11 is 1.57. The molecule has 1 fully saturated rings. The number of rotatable bonds is 10. The number of anilines is 1. The van der Waals surface area contributed by atoms with Gasteiger partial charge in [-0.15, -0.1) is 11.3 Å². The number of ether oxygens (including phenoxy) is 1. The maximum atomic E-state index is 13.8. The summed E-state index contributed by atoms with van der Waals surface area (Å²) in [7, 11) is 1.84. The van der Waals surface area contributed by atoms with Crippen molar-refractivity contribution in [2.75, 3.05) is 44.2 Å². The number of pyridine rings is 2. The average molecular weight is 682 g/mol. The fourth-order valence-corrected chi connectivity index (χ4v) is 7.18. The Morgan fingerprint density at radius 3 is 2.71 bits per heavy atom. The molecular weight excluding hydrogens is 643 g/mol. The number of thiazole rings is 1. The van der Waals surface area contributed by atoms with Crippen molar-refractivity contribution in [1.82, 2.24) is 49.7 Å². The van der Waals surface area contributed by atoms with Crippen LogP contribution in [0.2, 0.25) is 0 Å². The topological polar surface area (TPSA) is 151 Å². The van der Waals surface area contributed by atoms with E-state index in [4.69, 9.17) is 9.72 Å². The van der Waals surface area contributed by atoms with Crippen LogP contribution in [0.4, 0.5) is 5.82 Å². The number of aromatic nitrogens is 8. The third kappa shape index (κ3) is 6.94. The van der Waals surface area contributed by atoms with E-state index in [0.29, 0.717) is 74.4 Å². The highest BCUT2D eigenvalue weighted by Crippen LogP contribution is 2.32. The van der Waals surface area contributed by atoms with Gasteiger partial charge in [0.1, 0.15) is 28.4 Å². The molecule has 14 nitrogen and oxygen atoms in total. The molecule has 0 radical (unpaired) electrons. The van der Waals surface area contributed by atoms with E-state index in [1.807, 2.05) is 63.2 Å². The maximum Gasteiger partial charge on any atom is 0.237 e. The fourth-order valence-electron chi connectivity index (χ4n) is 6.26. The zero-order valence-corrected chi connectivity index (χ0v) is 28.9. The quantitative estimate of drug-likeness (QED) is 0.229. The minimum absolute atomic E-state index is 0.0143. The van der Waals surface area contributed by atoms with Crippen LogP contribution in [0.1, 0.15) is 38.6 Å². The number of carbonyl (C=O) groups is 2. The van der Waals surface area contributed by atoms with Gasteiger partial charge in [0.05, 0.1) is 29.0 Å². The molecular formula is C34H39N11O3S. The van der Waals surface area contributed by atoms with E-state index in [1.54, 1.807) is 33.4 Å². The van der Waals surface area contributed by atoms with Gasteiger partial charge in [-0.2, -0.15) is 10.2 Å². The highest BCUT2D eigenvalue weighted by molar-refractivity contribution is 7.16. The van der Waals surface area contributed by atoms with Crippen molar-refractivity contribution in [2.24, 2.45) is 13.0 Å². The van der Waals surface area contributed by atoms with Crippen molar-refractivity contribution in [3.63, 3.8) is 0 Å². The second-order valence-corrected chi connectivity index (χ2v) is 13.6. The molecule has 0 aromatic carbocycles. The summed E-state index contributed by atoms with van der Waals surface area (Å²) in [4.78, 5) is 51.9. The smallest absolute Gasteiger partial charge is 0.237 e. The molecule has 49 heavy (non-hydrogen) atoms. The summed E-state index contributed by atoms with van der Waals surface area (Å²) in [6, 6.07) is 7.47. The molecule has 254 valence electrons. The molecule has 0 bridgehead atoms. The van der Waals surface area contributed by atoms with Gasteiger partial charge in [0.15, 0.2) is 5.82 Å². The highest BCUT2D eigenvalue weighted by atomic mass is 32.1. The van der Waals surface area contributed by atoms with Crippen LogP contribution in [0.5, 0.6) is 5.88 Å². The van der Waals surface area contributed by atoms with Crippen LogP contribution >= 0.6 is 11.3 Å². The minimum Gasteiger partial charge on any atom is -0.475 e. The number of likely N-dealkylation sites (tertiary alicyclic amines) is 1. The Morgan fingerprint density at radius 1 is 1.12 bits per heavy atom. The lowest BCUT2D eigenvalue weighted by molar-refractivity contribution is -0.132. The molecule has 0 spiro atoms. The summed E-state index contributed by atoms with van der Waals surface area (Å²) < 4.78 is 7.35. The molecule has 15 heteroatoms. The van der Waals surface area contributed by atoms with Crippen molar-refractivity contribution >= 4 is 45.6 Å². The average Bonchev–Trinajstić information content (AvgIpc) is 3.92. The minimum atomic E-state index is -0.215. The number of hydrogen-bond donors (Lipinski definition) is 1. The Kier molecular flexibility index (Phi) is 9.19. The summed E-state index contributed by atoms with van der Waals surface area (Å²) in [5.41, 5.74) is 4.04. The molecule has 7 rings (SSSR count). The van der Waals surface area contributed by atoms with E-state index in [2.05, 4.69) is 41.2 Å². The number of aryl methyl sites for hydroxylation is 1. The van der Waals surface area contributed by atoms with Gasteiger partial charge < -0.3 is 9.64 Å². The third-order valence-corrected chi connectivity index (χ3v) is 9.83. The second-order valence-electron chi connectivity index (χ2n) is 12.6. The van der Waals surface area contributed by atoms with Gasteiger partial charge in [-0.3, -0.25) is 29.2 Å². The number of fused-ring (bicyclic) bond motifs is 1. The monoisotopic (exact) mass is 681 g/mol. The molecule has 1 N–H and O–H groups in total. The molecule has 7 heterocycles. The normalized spacial score (nSPS) is 16.8. The second kappa shape index (κ2) is 13.8. The first-order valence-corrected chi connectivity index (χ1v) is 17.4. The lowest BCUT2D eigenvalue weighted by Crippen LogP contribution is -2.42. The maximum absolute atomic E-state index is 13.8. The van der Waals surface area contributed by atoms with E-state index in [9.17, 15) is 9.59 Å². The number of carbonyl (C=O) groups excluding carboxylic acids is 2. The number of hydrogen-bond acceptors (Lipinski definition) is 11. The molecule has 2 aliphatic heterocycles. The number of amides is 2. The van der Waals surface area contributed by atoms with Crippen LogP contribution in [-0.4, -0.2) is 107 Å². The lowest BCUT2D eigenvalue weighted by Gasteiger charge is -2.28. The highest BCUT2D eigenvalue weighted by Gasteiger charge is 2.34. The van der Waals surface area contributed by atoms with E-state index >= 15 is 0 Å². The van der Waals surface area contributed by atoms with Crippen LogP contribution in [0, 0.1) is 5.92 Å². The van der Waals surface area contributed by atoms with Crippen molar-refractivity contribution in [3.05, 3.63) is 54.1 Å². The molecule has 0 aliphatic carbocycles. The molecule has 0 saturated carbocycles. The van der Waals surface area contributed by atoms with Gasteiger partial charge in [-0.1, -0.05) is 6.08 Å². The molecule has 5 aromatic rings. The lowest BCUT2D eigenvalue weighted by atomic mass is 10.1. The molecule has 2 aliphatic rings. The number of nitrogens with zero attached hydrogens (tertiary/aromatic N) is 10. The van der Waals surface area contributed by atoms with Crippen LogP contribution in [0.15, 0.2) is 49.1 Å². The van der Waals surface area contributed by atoms with Gasteiger partial charge in [0.25, 0.3) is 0 Å². The molecule has 0 unspecified atom stereocenters. The molecule has 1 saturated heterocycles. The van der Waals surface area contributed by atoms with E-state index in [-0.39, 0.29) is 23.8 Å². The molecule has 2 amide bonds. The standard InChI is InChI=1S/C34H39N11O3S/c1-5-45(27-8-7-25-31(38-27)30(40-39-25)23-6-9-28(35-16-23)48-21(2)3)34(47)24-10-13-43(18-24)19-29(46)44-14-11-22(12-15-44)33-36-17-26(49-33)32-37-20-42(4)41-32/h6-9,11,16-17,20-21,24H,5,10,12-15,18-19H2,1-4H3,(H,39,40)/t24-/m1/s1. The first-order chi connectivity index (χ1) is 23.7. The largest absolute Gasteiger partial charge is 0.475 e. The van der Waals surface area contributed by atoms with Gasteiger partial charge >= 0.3 is 0 Å². The Labute approximate surface area is 287 Å². The van der Waals surface area contributed by atoms with Gasteiger partial charge in [-0.05, 0) is 63.9 Å². The summed E-state index contributed by atoms with van der Waals surface area (Å²) in [5.74, 6) is 1.66. The zero-order chi connectivity index (χ0) is 34.1. The van der Waals surface area contributed by atoms with Crippen LogP contribution in [-0.2, 0) is 16.6 Å². The van der Waals surface area contributed by atoms with Gasteiger partial charge in [0.2, 0.25) is 17.7 Å². The van der Waals surface area contributed by atoms with Crippen molar-refractivity contribution in [2.45, 2.75) is 39.7 Å². The van der Waals surface area contributed by atoms with E-state index in [0.717, 1.165) is 33.0 Å². The Hall–Kier alpha value is -5.02. The zero-order valence-electron chi connectivity index (χ0n) is 28.0. The first-order valence-electron chi connectivity index (χ1n) is 16.6. The van der Waals surface area contributed by atoms with Crippen LogP contribution in [0.3, 0.4) is 0 Å². The SMILES string of the molecule is CCN(C(=O)[C@@H]1CCN(CC(=O)N2CC=C(c3ncc(-c4ncn(C)n4)s3)CC2)C1)c1ccc2[nH]nc(-c3ccc(OC(C)C)nc3)c2n1. The Bertz CT molecular complexity index is 2000. The predicted octanol–water partition coefficient (Wildman–Crippen LogP) is 4.05. The number of nitrogens with one attached hydrogen (secondary N) is 1. The molecule has 1 atom stereocenters. The van der Waals surface area contributed by atoms with Crippen LogP contribution in [0.25, 0.3) is 38.6 Å². The van der Waals surface area contributed by atoms with Gasteiger partial charge in [0, 0.05) is 57.3 Å². The summed E-state index contributed by atoms with van der Waals surface area (Å²) in [6.45, 7) is 9.04. The van der Waals surface area contributed by atoms with Crippen LogP contribution < -0.4 is 9.64 Å². The predicted molar refractivity (Wildman–Crippen MR) is 187 cm³/mol. The molecule has 5 aromatic heterocycles. The van der Waals surface area contributed by atoms with Crippen molar-refractivity contribution in [1.29, 1.82) is 0 Å². The number of aromatic amines is 1. The van der Waals surface area contributed by atoms with Crippen molar-refractivity contribution < 1.29 is 14.3 Å². The van der Waals surface area contributed by atoms with Crippen molar-refractivity contribution in [3.8, 4) is 27.8 Å². The summed E-state index contributed by atoms with van der Waals surface area (Å²) in [5, 5.41) is 12.8. The third-order valence-electron chi connectivity index (χ3n) is 8.76. The van der Waals surface area contributed by atoms with E-state index in [1.165, 1.54) is 0 Å². The first kappa shape index (κ1) is 32.5.